The number of hydrogen-bond donors (Lipinski definition) is 2. The molecule has 0 aromatic carbocycles. The lowest BCUT2D eigenvalue weighted by atomic mass is 9.77. The first kappa shape index (κ1) is 11.6. The van der Waals surface area contributed by atoms with Crippen LogP contribution in [0, 0.1) is 5.41 Å². The molecule has 2 heterocycles. The lowest BCUT2D eigenvalue weighted by Crippen LogP contribution is -2.47. The maximum absolute atomic E-state index is 12.3. The summed E-state index contributed by atoms with van der Waals surface area (Å²) < 4.78 is 0. The fraction of sp³-hybridized carbons (Fsp3) is 0.583. The van der Waals surface area contributed by atoms with Crippen molar-refractivity contribution in [3.63, 3.8) is 0 Å². The highest BCUT2D eigenvalue weighted by molar-refractivity contribution is 7.08. The average molecular weight is 238 g/mol. The summed E-state index contributed by atoms with van der Waals surface area (Å²) in [5.41, 5.74) is 0.716. The molecule has 0 bridgehead atoms. The number of hydrogen-bond acceptors (Lipinski definition) is 3. The number of rotatable bonds is 3. The SMILES string of the molecule is CCC1(C(=O)Nc2ccsc2)CCCNC1. The van der Waals surface area contributed by atoms with E-state index in [1.54, 1.807) is 11.3 Å². The highest BCUT2D eigenvalue weighted by Gasteiger charge is 2.37. The van der Waals surface area contributed by atoms with E-state index < -0.39 is 0 Å². The van der Waals surface area contributed by atoms with Gasteiger partial charge in [0.1, 0.15) is 0 Å². The number of thiophene rings is 1. The molecule has 2 N–H and O–H groups in total. The minimum Gasteiger partial charge on any atom is -0.325 e. The van der Waals surface area contributed by atoms with Gasteiger partial charge in [0.2, 0.25) is 5.91 Å². The molecular formula is C12H18N2OS. The van der Waals surface area contributed by atoms with E-state index in [-0.39, 0.29) is 11.3 Å². The van der Waals surface area contributed by atoms with E-state index in [0.29, 0.717) is 0 Å². The highest BCUT2D eigenvalue weighted by atomic mass is 32.1. The van der Waals surface area contributed by atoms with Crippen LogP contribution >= 0.6 is 11.3 Å². The van der Waals surface area contributed by atoms with Crippen molar-refractivity contribution in [1.29, 1.82) is 0 Å². The van der Waals surface area contributed by atoms with Gasteiger partial charge in [-0.25, -0.2) is 0 Å². The van der Waals surface area contributed by atoms with Crippen molar-refractivity contribution in [2.45, 2.75) is 26.2 Å². The Hall–Kier alpha value is -0.870. The number of carbonyl (C=O) groups excluding carboxylic acids is 1. The van der Waals surface area contributed by atoms with Crippen molar-refractivity contribution < 1.29 is 4.79 Å². The Labute approximate surface area is 100 Å². The van der Waals surface area contributed by atoms with Gasteiger partial charge in [-0.2, -0.15) is 11.3 Å². The maximum atomic E-state index is 12.3. The van der Waals surface area contributed by atoms with E-state index in [0.717, 1.165) is 38.0 Å². The minimum atomic E-state index is -0.208. The Balaban J connectivity index is 2.06. The van der Waals surface area contributed by atoms with Gasteiger partial charge in [-0.15, -0.1) is 0 Å². The molecule has 3 nitrogen and oxygen atoms in total. The number of carbonyl (C=O) groups is 1. The normalized spacial score (nSPS) is 25.3. The summed E-state index contributed by atoms with van der Waals surface area (Å²) >= 11 is 1.60. The first-order chi connectivity index (χ1) is 7.77. The van der Waals surface area contributed by atoms with Crippen LogP contribution in [0.1, 0.15) is 26.2 Å². The Morgan fingerprint density at radius 3 is 3.12 bits per heavy atom. The molecule has 0 spiro atoms. The molecule has 0 radical (unpaired) electrons. The van der Waals surface area contributed by atoms with E-state index in [2.05, 4.69) is 17.6 Å². The summed E-state index contributed by atoms with van der Waals surface area (Å²) in [6.07, 6.45) is 2.98. The molecule has 0 saturated carbocycles. The van der Waals surface area contributed by atoms with Crippen molar-refractivity contribution in [2.75, 3.05) is 18.4 Å². The zero-order valence-corrected chi connectivity index (χ0v) is 10.4. The molecule has 1 amide bonds. The van der Waals surface area contributed by atoms with Crippen molar-refractivity contribution >= 4 is 22.9 Å². The Morgan fingerprint density at radius 1 is 1.69 bits per heavy atom. The Bertz CT molecular complexity index is 342. The molecule has 1 saturated heterocycles. The maximum Gasteiger partial charge on any atom is 0.231 e. The van der Waals surface area contributed by atoms with E-state index in [9.17, 15) is 4.79 Å². The monoisotopic (exact) mass is 238 g/mol. The van der Waals surface area contributed by atoms with Gasteiger partial charge in [0.25, 0.3) is 0 Å². The van der Waals surface area contributed by atoms with E-state index in [4.69, 9.17) is 0 Å². The lowest BCUT2D eigenvalue weighted by molar-refractivity contribution is -0.126. The van der Waals surface area contributed by atoms with Crippen LogP contribution in [0.4, 0.5) is 5.69 Å². The standard InChI is InChI=1S/C12H18N2OS/c1-2-12(5-3-6-13-9-12)11(15)14-10-4-7-16-8-10/h4,7-8,13H,2-3,5-6,9H2,1H3,(H,14,15). The average Bonchev–Trinajstić information content (AvgIpc) is 2.82. The fourth-order valence-corrected chi connectivity index (χ4v) is 2.81. The van der Waals surface area contributed by atoms with Crippen LogP contribution in [0.2, 0.25) is 0 Å². The van der Waals surface area contributed by atoms with Crippen LogP contribution in [-0.2, 0) is 4.79 Å². The minimum absolute atomic E-state index is 0.167. The molecule has 0 aliphatic carbocycles. The van der Waals surface area contributed by atoms with Gasteiger partial charge in [-0.05, 0) is 37.3 Å². The van der Waals surface area contributed by atoms with Gasteiger partial charge in [0, 0.05) is 11.9 Å². The summed E-state index contributed by atoms with van der Waals surface area (Å²) in [6, 6.07) is 1.95. The van der Waals surface area contributed by atoms with Crippen molar-refractivity contribution in [3.8, 4) is 0 Å². The number of nitrogens with one attached hydrogen (secondary N) is 2. The topological polar surface area (TPSA) is 41.1 Å². The summed E-state index contributed by atoms with van der Waals surface area (Å²) in [4.78, 5) is 12.3. The van der Waals surface area contributed by atoms with Crippen molar-refractivity contribution in [1.82, 2.24) is 5.32 Å². The molecule has 1 aromatic rings. The predicted octanol–water partition coefficient (Wildman–Crippen LogP) is 2.47. The zero-order valence-electron chi connectivity index (χ0n) is 9.58. The summed E-state index contributed by atoms with van der Waals surface area (Å²) in [7, 11) is 0. The molecule has 16 heavy (non-hydrogen) atoms. The lowest BCUT2D eigenvalue weighted by Gasteiger charge is -2.35. The van der Waals surface area contributed by atoms with Gasteiger partial charge in [-0.3, -0.25) is 4.79 Å². The summed E-state index contributed by atoms with van der Waals surface area (Å²) in [6.45, 7) is 3.94. The third-order valence-corrected chi connectivity index (χ3v) is 4.09. The van der Waals surface area contributed by atoms with Crippen molar-refractivity contribution in [2.24, 2.45) is 5.41 Å². The highest BCUT2D eigenvalue weighted by Crippen LogP contribution is 2.31. The molecule has 4 heteroatoms. The molecule has 2 rings (SSSR count). The Kier molecular flexibility index (Phi) is 3.61. The number of anilines is 1. The van der Waals surface area contributed by atoms with Gasteiger partial charge in [0.05, 0.1) is 11.1 Å². The third-order valence-electron chi connectivity index (χ3n) is 3.41. The van der Waals surface area contributed by atoms with Crippen LogP contribution < -0.4 is 10.6 Å². The van der Waals surface area contributed by atoms with Crippen LogP contribution in [0.3, 0.4) is 0 Å². The molecule has 88 valence electrons. The first-order valence-electron chi connectivity index (χ1n) is 5.81. The van der Waals surface area contributed by atoms with Gasteiger partial charge in [0.15, 0.2) is 0 Å². The third kappa shape index (κ3) is 2.28. The molecular weight excluding hydrogens is 220 g/mol. The van der Waals surface area contributed by atoms with Crippen LogP contribution in [0.5, 0.6) is 0 Å². The molecule has 1 atom stereocenters. The molecule has 1 aliphatic rings. The van der Waals surface area contributed by atoms with Crippen LogP contribution in [0.25, 0.3) is 0 Å². The quantitative estimate of drug-likeness (QED) is 0.849. The van der Waals surface area contributed by atoms with Gasteiger partial charge in [-0.1, -0.05) is 6.92 Å². The molecule has 1 aromatic heterocycles. The fourth-order valence-electron chi connectivity index (χ4n) is 2.22. The predicted molar refractivity (Wildman–Crippen MR) is 67.8 cm³/mol. The van der Waals surface area contributed by atoms with Crippen LogP contribution in [0.15, 0.2) is 16.8 Å². The van der Waals surface area contributed by atoms with Crippen LogP contribution in [-0.4, -0.2) is 19.0 Å². The number of amides is 1. The summed E-state index contributed by atoms with van der Waals surface area (Å²) in [5, 5.41) is 10.3. The molecule has 1 aliphatic heterocycles. The van der Waals surface area contributed by atoms with Gasteiger partial charge >= 0.3 is 0 Å². The van der Waals surface area contributed by atoms with Crippen molar-refractivity contribution in [3.05, 3.63) is 16.8 Å². The second kappa shape index (κ2) is 4.97. The molecule has 1 fully saturated rings. The first-order valence-corrected chi connectivity index (χ1v) is 6.75. The van der Waals surface area contributed by atoms with E-state index in [1.807, 2.05) is 16.8 Å². The van der Waals surface area contributed by atoms with E-state index in [1.165, 1.54) is 0 Å². The second-order valence-corrected chi connectivity index (χ2v) is 5.16. The zero-order chi connectivity index (χ0) is 11.4. The summed E-state index contributed by atoms with van der Waals surface area (Å²) in [5.74, 6) is 0.167. The Morgan fingerprint density at radius 2 is 2.56 bits per heavy atom. The largest absolute Gasteiger partial charge is 0.325 e. The molecule has 1 unspecified atom stereocenters. The van der Waals surface area contributed by atoms with E-state index >= 15 is 0 Å². The smallest absolute Gasteiger partial charge is 0.231 e. The number of piperidine rings is 1. The second-order valence-electron chi connectivity index (χ2n) is 4.38. The van der Waals surface area contributed by atoms with Gasteiger partial charge < -0.3 is 10.6 Å².